The van der Waals surface area contributed by atoms with Crippen LogP contribution in [-0.4, -0.2) is 30.6 Å². The second kappa shape index (κ2) is 8.02. The smallest absolute Gasteiger partial charge is 0.133 e. The van der Waals surface area contributed by atoms with Gasteiger partial charge in [-0.1, -0.05) is 33.6 Å². The highest BCUT2D eigenvalue weighted by Gasteiger charge is 2.62. The molecule has 0 saturated heterocycles. The first-order valence-corrected chi connectivity index (χ1v) is 12.2. The number of aliphatic hydroxyl groups is 1. The molecule has 9 atom stereocenters. The van der Waals surface area contributed by atoms with Gasteiger partial charge in [0.15, 0.2) is 0 Å². The molecule has 4 aliphatic rings. The second-order valence-corrected chi connectivity index (χ2v) is 11.4. The Kier molecular flexibility index (Phi) is 5.97. The lowest BCUT2D eigenvalue weighted by molar-refractivity contribution is -0.164. The van der Waals surface area contributed by atoms with E-state index >= 15 is 0 Å². The summed E-state index contributed by atoms with van der Waals surface area (Å²) in [4.78, 5) is 10.5. The molecule has 8 unspecified atom stereocenters. The van der Waals surface area contributed by atoms with E-state index in [1.54, 1.807) is 0 Å². The molecule has 2 N–H and O–H groups in total. The van der Waals surface area contributed by atoms with Crippen molar-refractivity contribution in [3.05, 3.63) is 0 Å². The summed E-state index contributed by atoms with van der Waals surface area (Å²) >= 11 is 0. The molecular weight excluding hydrogens is 346 g/mol. The van der Waals surface area contributed by atoms with E-state index in [0.29, 0.717) is 29.2 Å². The van der Waals surface area contributed by atoms with Crippen molar-refractivity contribution in [2.45, 2.75) is 91.1 Å². The summed E-state index contributed by atoms with van der Waals surface area (Å²) in [6, 6.07) is 0. The summed E-state index contributed by atoms with van der Waals surface area (Å²) in [5, 5.41) is 14.6. The number of carbonyl (C=O) groups excluding carboxylic acids is 1. The van der Waals surface area contributed by atoms with E-state index in [9.17, 15) is 9.90 Å². The molecule has 3 nitrogen and oxygen atoms in total. The van der Waals surface area contributed by atoms with E-state index in [1.165, 1.54) is 51.4 Å². The van der Waals surface area contributed by atoms with Crippen LogP contribution in [0.4, 0.5) is 0 Å². The average molecular weight is 390 g/mol. The fourth-order valence-corrected chi connectivity index (χ4v) is 8.92. The number of hydrogen-bond acceptors (Lipinski definition) is 3. The van der Waals surface area contributed by atoms with E-state index in [2.05, 4.69) is 26.1 Å². The van der Waals surface area contributed by atoms with E-state index in [0.717, 1.165) is 49.3 Å². The number of aldehydes is 1. The Hall–Kier alpha value is -0.410. The normalized spacial score (nSPS) is 49.0. The van der Waals surface area contributed by atoms with Gasteiger partial charge in [0.25, 0.3) is 0 Å². The van der Waals surface area contributed by atoms with Crippen LogP contribution in [0.2, 0.25) is 0 Å². The lowest BCUT2D eigenvalue weighted by Crippen LogP contribution is -2.57. The SMILES string of the molecule is C[C@H](CCNCC=O)C1CCC2C3C(O)CC4CCCCC4(C)C3CCC21C. The van der Waals surface area contributed by atoms with Crippen LogP contribution in [0.15, 0.2) is 0 Å². The predicted octanol–water partition coefficient (Wildman–Crippen LogP) is 4.82. The highest BCUT2D eigenvalue weighted by atomic mass is 16.3. The van der Waals surface area contributed by atoms with Crippen molar-refractivity contribution >= 4 is 6.29 Å². The Morgan fingerprint density at radius 2 is 1.86 bits per heavy atom. The van der Waals surface area contributed by atoms with E-state index in [4.69, 9.17) is 0 Å². The molecule has 0 spiro atoms. The molecule has 3 heteroatoms. The lowest BCUT2D eigenvalue weighted by atomic mass is 9.44. The van der Waals surface area contributed by atoms with Gasteiger partial charge in [0.1, 0.15) is 6.29 Å². The minimum Gasteiger partial charge on any atom is -0.393 e. The van der Waals surface area contributed by atoms with Gasteiger partial charge in [-0.25, -0.2) is 0 Å². The van der Waals surface area contributed by atoms with Crippen LogP contribution in [-0.2, 0) is 4.79 Å². The molecule has 0 bridgehead atoms. The molecule has 4 aliphatic carbocycles. The van der Waals surface area contributed by atoms with Crippen LogP contribution in [0.1, 0.15) is 85.0 Å². The first kappa shape index (κ1) is 20.8. The molecule has 160 valence electrons. The standard InChI is InChI=1S/C25H43NO2/c1-17(10-13-26-14-15-27)19-7-8-20-23-21(9-12-25(19,20)3)24(2)11-5-4-6-18(24)16-22(23)28/h15,17-23,26,28H,4-14,16H2,1-3H3/t17-,18?,19?,20?,21?,22?,23?,24?,25?/m1/s1. The van der Waals surface area contributed by atoms with Gasteiger partial charge in [0.2, 0.25) is 0 Å². The maximum absolute atomic E-state index is 11.3. The van der Waals surface area contributed by atoms with Crippen molar-refractivity contribution in [2.24, 2.45) is 46.3 Å². The number of nitrogens with one attached hydrogen (secondary N) is 1. The molecule has 0 amide bonds. The number of hydrogen-bond donors (Lipinski definition) is 2. The lowest BCUT2D eigenvalue weighted by Gasteiger charge is -2.62. The summed E-state index contributed by atoms with van der Waals surface area (Å²) < 4.78 is 0. The molecule has 0 radical (unpaired) electrons. The van der Waals surface area contributed by atoms with Gasteiger partial charge in [0.05, 0.1) is 12.6 Å². The highest BCUT2D eigenvalue weighted by molar-refractivity contribution is 5.51. The zero-order chi connectivity index (χ0) is 19.9. The summed E-state index contributed by atoms with van der Waals surface area (Å²) in [6.45, 7) is 9.03. The maximum Gasteiger partial charge on any atom is 0.133 e. The van der Waals surface area contributed by atoms with Gasteiger partial charge in [0, 0.05) is 0 Å². The van der Waals surface area contributed by atoms with Crippen LogP contribution in [0.25, 0.3) is 0 Å². The molecule has 0 aromatic carbocycles. The van der Waals surface area contributed by atoms with Gasteiger partial charge in [-0.2, -0.15) is 0 Å². The van der Waals surface area contributed by atoms with Crippen LogP contribution in [0.5, 0.6) is 0 Å². The van der Waals surface area contributed by atoms with Crippen molar-refractivity contribution in [1.29, 1.82) is 0 Å². The van der Waals surface area contributed by atoms with Crippen LogP contribution in [0, 0.1) is 46.3 Å². The van der Waals surface area contributed by atoms with E-state index in [-0.39, 0.29) is 6.10 Å². The summed E-state index contributed by atoms with van der Waals surface area (Å²) in [5.41, 5.74) is 0.899. The minimum atomic E-state index is -0.0610. The molecule has 4 fully saturated rings. The number of rotatable bonds is 6. The number of carbonyl (C=O) groups is 1. The molecule has 0 aromatic rings. The third-order valence-corrected chi connectivity index (χ3v) is 10.4. The quantitative estimate of drug-likeness (QED) is 0.506. The van der Waals surface area contributed by atoms with Crippen molar-refractivity contribution in [3.8, 4) is 0 Å². The first-order chi connectivity index (χ1) is 13.4. The van der Waals surface area contributed by atoms with E-state index in [1.807, 2.05) is 0 Å². The van der Waals surface area contributed by atoms with Gasteiger partial charge in [-0.05, 0) is 104 Å². The summed E-state index contributed by atoms with van der Waals surface area (Å²) in [5.74, 6) is 4.26. The van der Waals surface area contributed by atoms with Crippen molar-refractivity contribution < 1.29 is 9.90 Å². The van der Waals surface area contributed by atoms with Gasteiger partial charge >= 0.3 is 0 Å². The molecule has 0 aromatic heterocycles. The first-order valence-electron chi connectivity index (χ1n) is 12.2. The number of fused-ring (bicyclic) bond motifs is 5. The molecular formula is C25H43NO2. The Morgan fingerprint density at radius 1 is 1.07 bits per heavy atom. The van der Waals surface area contributed by atoms with Gasteiger partial charge in [-0.3, -0.25) is 0 Å². The van der Waals surface area contributed by atoms with Gasteiger partial charge < -0.3 is 15.2 Å². The second-order valence-electron chi connectivity index (χ2n) is 11.4. The molecule has 0 heterocycles. The molecule has 0 aliphatic heterocycles. The van der Waals surface area contributed by atoms with Crippen LogP contribution < -0.4 is 5.32 Å². The molecule has 4 saturated carbocycles. The fourth-order valence-electron chi connectivity index (χ4n) is 8.92. The Morgan fingerprint density at radius 3 is 2.64 bits per heavy atom. The van der Waals surface area contributed by atoms with Crippen LogP contribution >= 0.6 is 0 Å². The Labute approximate surface area is 172 Å². The van der Waals surface area contributed by atoms with E-state index < -0.39 is 0 Å². The van der Waals surface area contributed by atoms with Crippen molar-refractivity contribution in [2.75, 3.05) is 13.1 Å². The summed E-state index contributed by atoms with van der Waals surface area (Å²) in [6.07, 6.45) is 14.0. The van der Waals surface area contributed by atoms with Crippen molar-refractivity contribution in [3.63, 3.8) is 0 Å². The average Bonchev–Trinajstić information content (AvgIpc) is 3.03. The summed E-state index contributed by atoms with van der Waals surface area (Å²) in [7, 11) is 0. The van der Waals surface area contributed by atoms with Crippen LogP contribution in [0.3, 0.4) is 0 Å². The third kappa shape index (κ3) is 3.29. The zero-order valence-corrected chi connectivity index (χ0v) is 18.5. The fraction of sp³-hybridized carbons (Fsp3) is 0.960. The molecule has 4 rings (SSSR count). The van der Waals surface area contributed by atoms with Gasteiger partial charge in [-0.15, -0.1) is 0 Å². The Balaban J connectivity index is 1.50. The number of aliphatic hydroxyl groups excluding tert-OH is 1. The third-order valence-electron chi connectivity index (χ3n) is 10.4. The monoisotopic (exact) mass is 389 g/mol. The zero-order valence-electron chi connectivity index (χ0n) is 18.5. The maximum atomic E-state index is 11.3. The molecule has 28 heavy (non-hydrogen) atoms. The van der Waals surface area contributed by atoms with Crippen molar-refractivity contribution in [1.82, 2.24) is 5.32 Å². The Bertz CT molecular complexity index is 565. The largest absolute Gasteiger partial charge is 0.393 e. The predicted molar refractivity (Wildman–Crippen MR) is 114 cm³/mol. The minimum absolute atomic E-state index is 0.0610. The highest BCUT2D eigenvalue weighted by Crippen LogP contribution is 2.68. The topological polar surface area (TPSA) is 49.3 Å².